The second kappa shape index (κ2) is 6.88. The summed E-state index contributed by atoms with van der Waals surface area (Å²) in [6, 6.07) is 4.52. The highest BCUT2D eigenvalue weighted by Crippen LogP contribution is 2.39. The van der Waals surface area contributed by atoms with Crippen molar-refractivity contribution >= 4 is 38.6 Å². The molecule has 1 unspecified atom stereocenters. The van der Waals surface area contributed by atoms with Crippen LogP contribution in [0.4, 0.5) is 0 Å². The van der Waals surface area contributed by atoms with E-state index < -0.39 is 0 Å². The van der Waals surface area contributed by atoms with Crippen molar-refractivity contribution in [3.05, 3.63) is 36.6 Å². The summed E-state index contributed by atoms with van der Waals surface area (Å²) in [6.07, 6.45) is 1.12. The normalized spacial score (nSPS) is 12.6. The first-order valence-electron chi connectivity index (χ1n) is 6.28. The standard InChI is InChI=1S/C14H18BrNOS2/c1-4-6-16-12(11-8-9(2)14(15)19-11)13-10(17-3)5-7-18-13/h5,7-8,12,16H,4,6H2,1-3H3. The van der Waals surface area contributed by atoms with Gasteiger partial charge in [0.25, 0.3) is 0 Å². The molecule has 0 saturated heterocycles. The van der Waals surface area contributed by atoms with Gasteiger partial charge in [-0.05, 0) is 58.9 Å². The lowest BCUT2D eigenvalue weighted by atomic mass is 10.1. The maximum absolute atomic E-state index is 5.47. The summed E-state index contributed by atoms with van der Waals surface area (Å²) in [6.45, 7) is 5.32. The first-order valence-corrected chi connectivity index (χ1v) is 8.76. The van der Waals surface area contributed by atoms with E-state index in [1.807, 2.05) is 6.07 Å². The van der Waals surface area contributed by atoms with E-state index in [0.717, 1.165) is 18.7 Å². The molecule has 0 bridgehead atoms. The third kappa shape index (κ3) is 3.40. The SMILES string of the molecule is CCCNC(c1cc(C)c(Br)s1)c1sccc1OC. The predicted octanol–water partition coefficient (Wildman–Crippen LogP) is 4.98. The van der Waals surface area contributed by atoms with Crippen molar-refractivity contribution < 1.29 is 4.74 Å². The quantitative estimate of drug-likeness (QED) is 0.785. The molecule has 0 radical (unpaired) electrons. The molecule has 104 valence electrons. The number of halogens is 1. The lowest BCUT2D eigenvalue weighted by Gasteiger charge is -2.17. The summed E-state index contributed by atoms with van der Waals surface area (Å²) in [4.78, 5) is 2.59. The lowest BCUT2D eigenvalue weighted by molar-refractivity contribution is 0.407. The Hall–Kier alpha value is -0.360. The Kier molecular flexibility index (Phi) is 5.45. The maximum Gasteiger partial charge on any atom is 0.134 e. The second-order valence-corrected chi connectivity index (χ2v) is 7.70. The van der Waals surface area contributed by atoms with Crippen LogP contribution < -0.4 is 10.1 Å². The van der Waals surface area contributed by atoms with Crippen LogP contribution in [0.1, 0.15) is 34.7 Å². The van der Waals surface area contributed by atoms with Crippen molar-refractivity contribution in [1.29, 1.82) is 0 Å². The predicted molar refractivity (Wildman–Crippen MR) is 87.8 cm³/mol. The van der Waals surface area contributed by atoms with E-state index in [9.17, 15) is 0 Å². The highest BCUT2D eigenvalue weighted by molar-refractivity contribution is 9.11. The molecule has 2 nitrogen and oxygen atoms in total. The monoisotopic (exact) mass is 359 g/mol. The zero-order valence-corrected chi connectivity index (χ0v) is 14.5. The van der Waals surface area contributed by atoms with Gasteiger partial charge in [0, 0.05) is 4.88 Å². The van der Waals surface area contributed by atoms with Gasteiger partial charge in [0.2, 0.25) is 0 Å². The van der Waals surface area contributed by atoms with Crippen LogP contribution in [0.5, 0.6) is 5.75 Å². The van der Waals surface area contributed by atoms with E-state index in [-0.39, 0.29) is 6.04 Å². The Morgan fingerprint density at radius 2 is 2.26 bits per heavy atom. The Morgan fingerprint density at radius 1 is 1.47 bits per heavy atom. The molecule has 1 N–H and O–H groups in total. The number of thiophene rings is 2. The molecule has 0 spiro atoms. The van der Waals surface area contributed by atoms with Gasteiger partial charge in [-0.1, -0.05) is 6.92 Å². The van der Waals surface area contributed by atoms with Gasteiger partial charge in [-0.15, -0.1) is 22.7 Å². The van der Waals surface area contributed by atoms with E-state index in [1.54, 1.807) is 29.8 Å². The molecule has 19 heavy (non-hydrogen) atoms. The third-order valence-corrected chi connectivity index (χ3v) is 6.06. The number of methoxy groups -OCH3 is 1. The largest absolute Gasteiger partial charge is 0.496 e. The van der Waals surface area contributed by atoms with Gasteiger partial charge in [-0.25, -0.2) is 0 Å². The van der Waals surface area contributed by atoms with Gasteiger partial charge >= 0.3 is 0 Å². The topological polar surface area (TPSA) is 21.3 Å². The Morgan fingerprint density at radius 3 is 2.84 bits per heavy atom. The number of rotatable bonds is 6. The van der Waals surface area contributed by atoms with Gasteiger partial charge in [0.05, 0.1) is 21.8 Å². The molecule has 2 aromatic rings. The first-order chi connectivity index (χ1) is 9.17. The van der Waals surface area contributed by atoms with Crippen LogP contribution in [0.25, 0.3) is 0 Å². The van der Waals surface area contributed by atoms with E-state index in [1.165, 1.54) is 19.1 Å². The molecule has 0 aliphatic rings. The number of hydrogen-bond donors (Lipinski definition) is 1. The molecule has 0 saturated carbocycles. The van der Waals surface area contributed by atoms with Crippen molar-refractivity contribution in [2.45, 2.75) is 26.3 Å². The van der Waals surface area contributed by atoms with Crippen molar-refractivity contribution in [1.82, 2.24) is 5.32 Å². The van der Waals surface area contributed by atoms with Crippen LogP contribution in [-0.2, 0) is 0 Å². The van der Waals surface area contributed by atoms with Gasteiger partial charge in [-0.2, -0.15) is 0 Å². The van der Waals surface area contributed by atoms with Crippen molar-refractivity contribution in [3.63, 3.8) is 0 Å². The molecule has 0 fully saturated rings. The van der Waals surface area contributed by atoms with Gasteiger partial charge in [-0.3, -0.25) is 0 Å². The first kappa shape index (κ1) is 15.0. The minimum absolute atomic E-state index is 0.227. The molecule has 2 aromatic heterocycles. The molecular weight excluding hydrogens is 342 g/mol. The maximum atomic E-state index is 5.47. The van der Waals surface area contributed by atoms with E-state index >= 15 is 0 Å². The number of aryl methyl sites for hydroxylation is 1. The third-order valence-electron chi connectivity index (χ3n) is 2.90. The minimum Gasteiger partial charge on any atom is -0.496 e. The Labute approximate surface area is 130 Å². The van der Waals surface area contributed by atoms with Crippen LogP contribution in [0.3, 0.4) is 0 Å². The van der Waals surface area contributed by atoms with Crippen molar-refractivity contribution in [2.24, 2.45) is 0 Å². The number of nitrogens with one attached hydrogen (secondary N) is 1. The van der Waals surface area contributed by atoms with E-state index in [0.29, 0.717) is 0 Å². The molecule has 0 aromatic carbocycles. The molecular formula is C14H18BrNOS2. The molecule has 5 heteroatoms. The highest BCUT2D eigenvalue weighted by atomic mass is 79.9. The van der Waals surface area contributed by atoms with Crippen molar-refractivity contribution in [2.75, 3.05) is 13.7 Å². The van der Waals surface area contributed by atoms with E-state index in [2.05, 4.69) is 46.5 Å². The molecule has 0 aliphatic carbocycles. The number of ether oxygens (including phenoxy) is 1. The molecule has 2 heterocycles. The average molecular weight is 360 g/mol. The summed E-state index contributed by atoms with van der Waals surface area (Å²) >= 11 is 7.16. The smallest absolute Gasteiger partial charge is 0.134 e. The highest BCUT2D eigenvalue weighted by Gasteiger charge is 2.21. The second-order valence-electron chi connectivity index (χ2n) is 4.35. The number of hydrogen-bond acceptors (Lipinski definition) is 4. The summed E-state index contributed by atoms with van der Waals surface area (Å²) in [5.41, 5.74) is 1.29. The Bertz CT molecular complexity index is 516. The fraction of sp³-hybridized carbons (Fsp3) is 0.429. The summed E-state index contributed by atoms with van der Waals surface area (Å²) < 4.78 is 6.68. The van der Waals surface area contributed by atoms with Gasteiger partial charge < -0.3 is 10.1 Å². The van der Waals surface area contributed by atoms with Crippen LogP contribution in [-0.4, -0.2) is 13.7 Å². The van der Waals surface area contributed by atoms with Crippen LogP contribution in [0.2, 0.25) is 0 Å². The zero-order valence-electron chi connectivity index (χ0n) is 11.3. The summed E-state index contributed by atoms with van der Waals surface area (Å²) in [5, 5.41) is 5.71. The van der Waals surface area contributed by atoms with E-state index in [4.69, 9.17) is 4.74 Å². The fourth-order valence-electron chi connectivity index (χ4n) is 1.93. The van der Waals surface area contributed by atoms with Crippen LogP contribution in [0.15, 0.2) is 21.3 Å². The summed E-state index contributed by atoms with van der Waals surface area (Å²) in [5.74, 6) is 0.973. The lowest BCUT2D eigenvalue weighted by Crippen LogP contribution is -2.21. The molecule has 0 amide bonds. The molecule has 2 rings (SSSR count). The van der Waals surface area contributed by atoms with Crippen LogP contribution >= 0.6 is 38.6 Å². The van der Waals surface area contributed by atoms with Gasteiger partial charge in [0.1, 0.15) is 5.75 Å². The average Bonchev–Trinajstić information content (AvgIpc) is 2.98. The van der Waals surface area contributed by atoms with Crippen LogP contribution in [0, 0.1) is 6.92 Å². The fourth-order valence-corrected chi connectivity index (χ4v) is 4.61. The minimum atomic E-state index is 0.227. The molecule has 1 atom stereocenters. The van der Waals surface area contributed by atoms with Gasteiger partial charge in [0.15, 0.2) is 0 Å². The molecule has 0 aliphatic heterocycles. The summed E-state index contributed by atoms with van der Waals surface area (Å²) in [7, 11) is 1.73. The zero-order chi connectivity index (χ0) is 13.8. The van der Waals surface area contributed by atoms with Crippen molar-refractivity contribution in [3.8, 4) is 5.75 Å². The Balaban J connectivity index is 2.35.